The molecule has 0 spiro atoms. The van der Waals surface area contributed by atoms with Gasteiger partial charge in [-0.05, 0) is 12.8 Å². The van der Waals surface area contributed by atoms with Crippen LogP contribution < -0.4 is 0 Å². The molecule has 0 atom stereocenters. The monoisotopic (exact) mass is 326 g/mol. The molecular formula is C17H33F3O2. The Kier molecular flexibility index (Phi) is 14.1. The summed E-state index contributed by atoms with van der Waals surface area (Å²) in [5.41, 5.74) is 0. The first-order chi connectivity index (χ1) is 10.5. The van der Waals surface area contributed by atoms with Crippen LogP contribution in [0.15, 0.2) is 0 Å². The number of hydrogen-bond acceptors (Lipinski definition) is 2. The summed E-state index contributed by atoms with van der Waals surface area (Å²) < 4.78 is 48.1. The summed E-state index contributed by atoms with van der Waals surface area (Å²) in [6.07, 6.45) is 4.07. The van der Waals surface area contributed by atoms with Crippen molar-refractivity contribution in [1.29, 1.82) is 0 Å². The van der Waals surface area contributed by atoms with Gasteiger partial charge in [0.05, 0.1) is 6.42 Å². The topological polar surface area (TPSA) is 18.5 Å². The van der Waals surface area contributed by atoms with E-state index in [1.807, 2.05) is 0 Å². The van der Waals surface area contributed by atoms with Crippen LogP contribution in [0.25, 0.3) is 0 Å². The highest BCUT2D eigenvalue weighted by Gasteiger charge is 2.32. The molecule has 0 radical (unpaired) electrons. The summed E-state index contributed by atoms with van der Waals surface area (Å²) in [6, 6.07) is 0. The van der Waals surface area contributed by atoms with E-state index in [9.17, 15) is 13.2 Å². The van der Waals surface area contributed by atoms with Crippen molar-refractivity contribution in [2.75, 3.05) is 13.2 Å². The van der Waals surface area contributed by atoms with E-state index < -0.39 is 18.9 Å². The quantitative estimate of drug-likeness (QED) is 0.262. The van der Waals surface area contributed by atoms with Gasteiger partial charge in [0.25, 0.3) is 0 Å². The second kappa shape index (κ2) is 14.3. The second-order valence-electron chi connectivity index (χ2n) is 5.82. The minimum absolute atomic E-state index is 0.348. The van der Waals surface area contributed by atoms with E-state index in [0.717, 1.165) is 51.4 Å². The zero-order valence-corrected chi connectivity index (χ0v) is 14.2. The van der Waals surface area contributed by atoms with Crippen molar-refractivity contribution in [1.82, 2.24) is 0 Å². The van der Waals surface area contributed by atoms with Gasteiger partial charge in [0.1, 0.15) is 0 Å². The van der Waals surface area contributed by atoms with Gasteiger partial charge in [0.2, 0.25) is 0 Å². The minimum Gasteiger partial charge on any atom is -0.352 e. The summed E-state index contributed by atoms with van der Waals surface area (Å²) in [6.45, 7) is 4.95. The van der Waals surface area contributed by atoms with E-state index in [0.29, 0.717) is 13.2 Å². The van der Waals surface area contributed by atoms with Crippen LogP contribution in [0.4, 0.5) is 13.2 Å². The van der Waals surface area contributed by atoms with Crippen LogP contribution in [0.3, 0.4) is 0 Å². The summed E-state index contributed by atoms with van der Waals surface area (Å²) >= 11 is 0. The number of halogens is 3. The molecule has 0 aromatic rings. The highest BCUT2D eigenvalue weighted by atomic mass is 19.4. The first-order valence-electron chi connectivity index (χ1n) is 8.79. The molecule has 0 aliphatic carbocycles. The molecule has 0 aromatic heterocycles. The molecule has 0 saturated carbocycles. The molecule has 0 heterocycles. The zero-order chi connectivity index (χ0) is 16.7. The van der Waals surface area contributed by atoms with Gasteiger partial charge in [-0.2, -0.15) is 13.2 Å². The third kappa shape index (κ3) is 16.1. The highest BCUT2D eigenvalue weighted by Crippen LogP contribution is 2.24. The highest BCUT2D eigenvalue weighted by molar-refractivity contribution is 4.56. The van der Waals surface area contributed by atoms with Gasteiger partial charge in [-0.3, -0.25) is 0 Å². The maximum atomic E-state index is 12.5. The van der Waals surface area contributed by atoms with Crippen molar-refractivity contribution in [2.45, 2.75) is 96.9 Å². The Labute approximate surface area is 133 Å². The van der Waals surface area contributed by atoms with Gasteiger partial charge in [-0.1, -0.05) is 65.2 Å². The van der Waals surface area contributed by atoms with E-state index in [1.54, 1.807) is 0 Å². The fraction of sp³-hybridized carbons (Fsp3) is 1.00. The van der Waals surface area contributed by atoms with Crippen LogP contribution in [0.5, 0.6) is 0 Å². The Hall–Kier alpha value is -0.290. The predicted octanol–water partition coefficient (Wildman–Crippen LogP) is 6.24. The smallest absolute Gasteiger partial charge is 0.352 e. The lowest BCUT2D eigenvalue weighted by atomic mass is 10.2. The van der Waals surface area contributed by atoms with Gasteiger partial charge in [-0.25, -0.2) is 0 Å². The molecule has 134 valence electrons. The Bertz CT molecular complexity index is 216. The van der Waals surface area contributed by atoms with Crippen molar-refractivity contribution in [3.05, 3.63) is 0 Å². The van der Waals surface area contributed by atoms with Crippen LogP contribution in [-0.4, -0.2) is 25.7 Å². The Morgan fingerprint density at radius 3 is 1.45 bits per heavy atom. The van der Waals surface area contributed by atoms with Gasteiger partial charge >= 0.3 is 6.18 Å². The number of unbranched alkanes of at least 4 members (excludes halogenated alkanes) is 8. The lowest BCUT2D eigenvalue weighted by molar-refractivity contribution is -0.222. The molecule has 0 rings (SSSR count). The largest absolute Gasteiger partial charge is 0.393 e. The summed E-state index contributed by atoms with van der Waals surface area (Å²) in [7, 11) is 0. The summed E-state index contributed by atoms with van der Waals surface area (Å²) in [4.78, 5) is 0. The van der Waals surface area contributed by atoms with Crippen LogP contribution in [0.2, 0.25) is 0 Å². The summed E-state index contributed by atoms with van der Waals surface area (Å²) in [5, 5.41) is 0. The van der Waals surface area contributed by atoms with Crippen molar-refractivity contribution in [3.63, 3.8) is 0 Å². The Balaban J connectivity index is 3.80. The molecule has 0 saturated heterocycles. The molecule has 0 unspecified atom stereocenters. The Morgan fingerprint density at radius 2 is 1.09 bits per heavy atom. The van der Waals surface area contributed by atoms with E-state index in [-0.39, 0.29) is 0 Å². The van der Waals surface area contributed by atoms with Crippen molar-refractivity contribution < 1.29 is 22.6 Å². The van der Waals surface area contributed by atoms with Gasteiger partial charge in [0, 0.05) is 13.2 Å². The molecule has 2 nitrogen and oxygen atoms in total. The maximum absolute atomic E-state index is 12.5. The minimum atomic E-state index is -4.24. The van der Waals surface area contributed by atoms with E-state index >= 15 is 0 Å². The molecule has 0 fully saturated rings. The van der Waals surface area contributed by atoms with Gasteiger partial charge in [-0.15, -0.1) is 0 Å². The average molecular weight is 326 g/mol. The van der Waals surface area contributed by atoms with Crippen molar-refractivity contribution in [3.8, 4) is 0 Å². The lowest BCUT2D eigenvalue weighted by Crippen LogP contribution is -2.26. The summed E-state index contributed by atoms with van der Waals surface area (Å²) in [5.74, 6) is 0. The normalized spacial score (nSPS) is 12.3. The van der Waals surface area contributed by atoms with Crippen molar-refractivity contribution >= 4 is 0 Å². The molecule has 0 aromatic carbocycles. The SMILES string of the molecule is CCCCCCCOC(CC(F)(F)F)OCCCCCCC. The van der Waals surface area contributed by atoms with E-state index in [4.69, 9.17) is 9.47 Å². The fourth-order valence-electron chi connectivity index (χ4n) is 2.20. The Morgan fingerprint density at radius 1 is 0.682 bits per heavy atom. The van der Waals surface area contributed by atoms with Crippen LogP contribution >= 0.6 is 0 Å². The molecular weight excluding hydrogens is 293 g/mol. The number of hydrogen-bond donors (Lipinski definition) is 0. The predicted molar refractivity (Wildman–Crippen MR) is 83.9 cm³/mol. The third-order valence-corrected chi connectivity index (χ3v) is 3.50. The average Bonchev–Trinajstić information content (AvgIpc) is 2.44. The van der Waals surface area contributed by atoms with Crippen molar-refractivity contribution in [2.24, 2.45) is 0 Å². The fourth-order valence-corrected chi connectivity index (χ4v) is 2.20. The van der Waals surface area contributed by atoms with E-state index in [1.165, 1.54) is 12.8 Å². The maximum Gasteiger partial charge on any atom is 0.393 e. The molecule has 5 heteroatoms. The molecule has 0 aliphatic heterocycles. The van der Waals surface area contributed by atoms with Crippen LogP contribution in [-0.2, 0) is 9.47 Å². The molecule has 0 aliphatic rings. The lowest BCUT2D eigenvalue weighted by Gasteiger charge is -2.20. The zero-order valence-electron chi connectivity index (χ0n) is 14.2. The van der Waals surface area contributed by atoms with Gasteiger partial charge in [0.15, 0.2) is 6.29 Å². The molecule has 0 N–H and O–H groups in total. The van der Waals surface area contributed by atoms with Crippen LogP contribution in [0.1, 0.15) is 84.5 Å². The first kappa shape index (κ1) is 21.7. The van der Waals surface area contributed by atoms with Crippen LogP contribution in [0, 0.1) is 0 Å². The third-order valence-electron chi connectivity index (χ3n) is 3.50. The molecule has 0 bridgehead atoms. The molecule has 0 amide bonds. The number of rotatable bonds is 15. The number of alkyl halides is 3. The standard InChI is InChI=1S/C17H33F3O2/c1-3-5-7-9-11-13-21-16(15-17(18,19)20)22-14-12-10-8-6-4-2/h16H,3-15H2,1-2H3. The molecule has 22 heavy (non-hydrogen) atoms. The number of ether oxygens (including phenoxy) is 2. The second-order valence-corrected chi connectivity index (χ2v) is 5.82. The van der Waals surface area contributed by atoms with E-state index in [2.05, 4.69) is 13.8 Å². The first-order valence-corrected chi connectivity index (χ1v) is 8.79. The van der Waals surface area contributed by atoms with Gasteiger partial charge < -0.3 is 9.47 Å².